The fourth-order valence-electron chi connectivity index (χ4n) is 1.72. The summed E-state index contributed by atoms with van der Waals surface area (Å²) in [6.45, 7) is 2.67. The lowest BCUT2D eigenvalue weighted by Crippen LogP contribution is -2.12. The highest BCUT2D eigenvalue weighted by atomic mass is 79.9. The summed E-state index contributed by atoms with van der Waals surface area (Å²) in [4.78, 5) is 12.2. The second-order valence-electron chi connectivity index (χ2n) is 4.46. The zero-order valence-electron chi connectivity index (χ0n) is 11.5. The number of amides is 1. The molecule has 0 aliphatic heterocycles. The molecule has 5 heteroatoms. The van der Waals surface area contributed by atoms with Crippen molar-refractivity contribution in [2.24, 2.45) is 0 Å². The van der Waals surface area contributed by atoms with E-state index in [2.05, 4.69) is 21.2 Å². The van der Waals surface area contributed by atoms with Crippen molar-refractivity contribution < 1.29 is 9.53 Å². The Kier molecular flexibility index (Phi) is 5.65. The van der Waals surface area contributed by atoms with Crippen molar-refractivity contribution in [1.82, 2.24) is 0 Å². The van der Waals surface area contributed by atoms with Gasteiger partial charge in [0, 0.05) is 15.7 Å². The number of carbonyl (C=O) groups excluding carboxylic acids is 1. The van der Waals surface area contributed by atoms with Crippen LogP contribution in [0.1, 0.15) is 23.7 Å². The number of anilines is 1. The Labute approximate surface area is 137 Å². The minimum atomic E-state index is -0.199. The first kappa shape index (κ1) is 15.9. The highest BCUT2D eigenvalue weighted by molar-refractivity contribution is 9.10. The smallest absolute Gasteiger partial charge is 0.255 e. The molecular formula is C16H15BrClNO2. The van der Waals surface area contributed by atoms with Crippen molar-refractivity contribution in [3.05, 3.63) is 57.5 Å². The summed E-state index contributed by atoms with van der Waals surface area (Å²) in [5, 5.41) is 3.36. The fraction of sp³-hybridized carbons (Fsp3) is 0.188. The summed E-state index contributed by atoms with van der Waals surface area (Å²) < 4.78 is 6.31. The van der Waals surface area contributed by atoms with Crippen LogP contribution in [0, 0.1) is 0 Å². The van der Waals surface area contributed by atoms with E-state index in [0.29, 0.717) is 28.6 Å². The van der Waals surface area contributed by atoms with Gasteiger partial charge >= 0.3 is 0 Å². The van der Waals surface area contributed by atoms with Crippen molar-refractivity contribution in [3.8, 4) is 5.75 Å². The van der Waals surface area contributed by atoms with Crippen molar-refractivity contribution in [1.29, 1.82) is 0 Å². The largest absolute Gasteiger partial charge is 0.494 e. The standard InChI is InChI=1S/C16H15BrClNO2/c1-2-8-21-13-5-3-4-11(9-13)16(20)19-12-6-7-14(17)15(18)10-12/h3-7,9-10H,2,8H2,1H3,(H,19,20). The van der Waals surface area contributed by atoms with Crippen LogP contribution in [0.4, 0.5) is 5.69 Å². The molecular weight excluding hydrogens is 354 g/mol. The number of carbonyl (C=O) groups is 1. The molecule has 110 valence electrons. The molecule has 0 saturated carbocycles. The highest BCUT2D eigenvalue weighted by Gasteiger charge is 2.08. The van der Waals surface area contributed by atoms with Gasteiger partial charge in [0.2, 0.25) is 0 Å². The van der Waals surface area contributed by atoms with E-state index in [1.54, 1.807) is 36.4 Å². The molecule has 0 heterocycles. The van der Waals surface area contributed by atoms with Gasteiger partial charge in [-0.25, -0.2) is 0 Å². The molecule has 1 N–H and O–H groups in total. The summed E-state index contributed by atoms with van der Waals surface area (Å²) in [5.41, 5.74) is 1.19. The molecule has 0 bridgehead atoms. The molecule has 0 aliphatic rings. The Morgan fingerprint density at radius 1 is 1.29 bits per heavy atom. The number of ether oxygens (including phenoxy) is 1. The first-order valence-electron chi connectivity index (χ1n) is 6.59. The van der Waals surface area contributed by atoms with Crippen LogP contribution >= 0.6 is 27.5 Å². The molecule has 0 fully saturated rings. The third-order valence-electron chi connectivity index (χ3n) is 2.75. The molecule has 0 saturated heterocycles. The van der Waals surface area contributed by atoms with Gasteiger partial charge in [-0.1, -0.05) is 24.6 Å². The van der Waals surface area contributed by atoms with Gasteiger partial charge in [-0.2, -0.15) is 0 Å². The minimum absolute atomic E-state index is 0.199. The summed E-state index contributed by atoms with van der Waals surface area (Å²) >= 11 is 9.32. The number of hydrogen-bond acceptors (Lipinski definition) is 2. The van der Waals surface area contributed by atoms with E-state index in [9.17, 15) is 4.79 Å². The van der Waals surface area contributed by atoms with Gasteiger partial charge in [0.15, 0.2) is 0 Å². The van der Waals surface area contributed by atoms with Crippen LogP contribution in [-0.4, -0.2) is 12.5 Å². The van der Waals surface area contributed by atoms with Crippen molar-refractivity contribution in [2.75, 3.05) is 11.9 Å². The minimum Gasteiger partial charge on any atom is -0.494 e. The third kappa shape index (κ3) is 4.48. The van der Waals surface area contributed by atoms with Gasteiger partial charge in [-0.05, 0) is 58.7 Å². The fourth-order valence-corrected chi connectivity index (χ4v) is 2.15. The Morgan fingerprint density at radius 3 is 2.81 bits per heavy atom. The first-order valence-corrected chi connectivity index (χ1v) is 7.76. The van der Waals surface area contributed by atoms with Crippen LogP contribution in [-0.2, 0) is 0 Å². The molecule has 1 amide bonds. The molecule has 0 atom stereocenters. The second-order valence-corrected chi connectivity index (χ2v) is 5.72. The summed E-state index contributed by atoms with van der Waals surface area (Å²) in [7, 11) is 0. The van der Waals surface area contributed by atoms with Gasteiger partial charge in [0.25, 0.3) is 5.91 Å². The van der Waals surface area contributed by atoms with Crippen molar-refractivity contribution in [3.63, 3.8) is 0 Å². The molecule has 2 rings (SSSR count). The molecule has 21 heavy (non-hydrogen) atoms. The summed E-state index contributed by atoms with van der Waals surface area (Å²) in [5.74, 6) is 0.494. The molecule has 0 aromatic heterocycles. The number of rotatable bonds is 5. The van der Waals surface area contributed by atoms with Crippen LogP contribution in [0.5, 0.6) is 5.75 Å². The van der Waals surface area contributed by atoms with Crippen LogP contribution in [0.25, 0.3) is 0 Å². The monoisotopic (exact) mass is 367 g/mol. The molecule has 0 radical (unpaired) electrons. The number of nitrogens with one attached hydrogen (secondary N) is 1. The number of hydrogen-bond donors (Lipinski definition) is 1. The zero-order chi connectivity index (χ0) is 15.2. The van der Waals surface area contributed by atoms with E-state index in [4.69, 9.17) is 16.3 Å². The maximum atomic E-state index is 12.2. The lowest BCUT2D eigenvalue weighted by Gasteiger charge is -2.08. The summed E-state index contributed by atoms with van der Waals surface area (Å²) in [6, 6.07) is 12.4. The topological polar surface area (TPSA) is 38.3 Å². The highest BCUT2D eigenvalue weighted by Crippen LogP contribution is 2.26. The van der Waals surface area contributed by atoms with E-state index in [-0.39, 0.29) is 5.91 Å². The van der Waals surface area contributed by atoms with Gasteiger partial charge in [0.1, 0.15) is 5.75 Å². The van der Waals surface area contributed by atoms with E-state index in [1.165, 1.54) is 0 Å². The second kappa shape index (κ2) is 7.48. The normalized spacial score (nSPS) is 10.2. The molecule has 2 aromatic carbocycles. The van der Waals surface area contributed by atoms with Crippen molar-refractivity contribution in [2.45, 2.75) is 13.3 Å². The van der Waals surface area contributed by atoms with Gasteiger partial charge in [0.05, 0.1) is 11.6 Å². The van der Waals surface area contributed by atoms with Crippen LogP contribution in [0.3, 0.4) is 0 Å². The van der Waals surface area contributed by atoms with E-state index >= 15 is 0 Å². The van der Waals surface area contributed by atoms with E-state index < -0.39 is 0 Å². The van der Waals surface area contributed by atoms with Gasteiger partial charge in [-0.15, -0.1) is 0 Å². The van der Waals surface area contributed by atoms with Crippen LogP contribution in [0.2, 0.25) is 5.02 Å². The average Bonchev–Trinajstić information content (AvgIpc) is 2.49. The summed E-state index contributed by atoms with van der Waals surface area (Å²) in [6.07, 6.45) is 0.924. The Bertz CT molecular complexity index is 646. The average molecular weight is 369 g/mol. The van der Waals surface area contributed by atoms with Crippen molar-refractivity contribution >= 4 is 39.1 Å². The van der Waals surface area contributed by atoms with Crippen LogP contribution in [0.15, 0.2) is 46.9 Å². The van der Waals surface area contributed by atoms with Gasteiger partial charge < -0.3 is 10.1 Å². The van der Waals surface area contributed by atoms with E-state index in [0.717, 1.165) is 10.9 Å². The predicted molar refractivity (Wildman–Crippen MR) is 89.3 cm³/mol. The maximum Gasteiger partial charge on any atom is 0.255 e. The third-order valence-corrected chi connectivity index (χ3v) is 3.98. The lowest BCUT2D eigenvalue weighted by atomic mass is 10.2. The Morgan fingerprint density at radius 2 is 2.10 bits per heavy atom. The Hall–Kier alpha value is -1.52. The molecule has 0 unspecified atom stereocenters. The molecule has 0 spiro atoms. The Balaban J connectivity index is 2.10. The maximum absolute atomic E-state index is 12.2. The number of benzene rings is 2. The number of halogens is 2. The molecule has 2 aromatic rings. The lowest BCUT2D eigenvalue weighted by molar-refractivity contribution is 0.102. The predicted octanol–water partition coefficient (Wildman–Crippen LogP) is 5.14. The SMILES string of the molecule is CCCOc1cccc(C(=O)Nc2ccc(Br)c(Cl)c2)c1. The molecule has 0 aliphatic carbocycles. The van der Waals surface area contributed by atoms with E-state index in [1.807, 2.05) is 13.0 Å². The first-order chi connectivity index (χ1) is 10.1. The zero-order valence-corrected chi connectivity index (χ0v) is 13.9. The quantitative estimate of drug-likeness (QED) is 0.793. The van der Waals surface area contributed by atoms with Gasteiger partial charge in [-0.3, -0.25) is 4.79 Å². The molecule has 3 nitrogen and oxygen atoms in total. The van der Waals surface area contributed by atoms with Crippen LogP contribution < -0.4 is 10.1 Å².